The summed E-state index contributed by atoms with van der Waals surface area (Å²) < 4.78 is 0. The molecule has 86 valence electrons. The van der Waals surface area contributed by atoms with E-state index in [0.29, 0.717) is 5.78 Å². The van der Waals surface area contributed by atoms with Crippen LogP contribution in [0.25, 0.3) is 0 Å². The van der Waals surface area contributed by atoms with Gasteiger partial charge >= 0.3 is 0 Å². The highest BCUT2D eigenvalue weighted by atomic mass is 16.1. The first-order valence-corrected chi connectivity index (χ1v) is 5.82. The molecule has 0 radical (unpaired) electrons. The summed E-state index contributed by atoms with van der Waals surface area (Å²) >= 11 is 0. The lowest BCUT2D eigenvalue weighted by molar-refractivity contribution is -0.121. The first-order chi connectivity index (χ1) is 7.66. The standard InChI is InChI=1S/C13H18N2O/c1-10-5-3-6-11(14-10)9-15(2)12-7-4-8-13(12)16/h3,5-6,12H,4,7-9H2,1-2H3. The van der Waals surface area contributed by atoms with Gasteiger partial charge in [0.1, 0.15) is 5.78 Å². The number of carbonyl (C=O) groups is 1. The summed E-state index contributed by atoms with van der Waals surface area (Å²) in [7, 11) is 2.01. The van der Waals surface area contributed by atoms with Crippen molar-refractivity contribution >= 4 is 5.78 Å². The number of aryl methyl sites for hydroxylation is 1. The number of rotatable bonds is 3. The van der Waals surface area contributed by atoms with Gasteiger partial charge in [-0.1, -0.05) is 6.07 Å². The Labute approximate surface area is 96.5 Å². The van der Waals surface area contributed by atoms with Gasteiger partial charge in [-0.15, -0.1) is 0 Å². The summed E-state index contributed by atoms with van der Waals surface area (Å²) in [5.74, 6) is 0.384. The third kappa shape index (κ3) is 2.47. The van der Waals surface area contributed by atoms with E-state index in [9.17, 15) is 4.79 Å². The summed E-state index contributed by atoms with van der Waals surface area (Å²) in [5.41, 5.74) is 2.07. The van der Waals surface area contributed by atoms with Crippen molar-refractivity contribution in [2.24, 2.45) is 0 Å². The molecule has 1 saturated carbocycles. The van der Waals surface area contributed by atoms with Gasteiger partial charge in [-0.3, -0.25) is 14.7 Å². The maximum atomic E-state index is 11.6. The highest BCUT2D eigenvalue weighted by Gasteiger charge is 2.27. The minimum Gasteiger partial charge on any atom is -0.298 e. The lowest BCUT2D eigenvalue weighted by Gasteiger charge is -2.22. The molecule has 1 aromatic rings. The molecule has 0 saturated heterocycles. The number of likely N-dealkylation sites (N-methyl/N-ethyl adjacent to an activating group) is 1. The molecule has 16 heavy (non-hydrogen) atoms. The fraction of sp³-hybridized carbons (Fsp3) is 0.538. The topological polar surface area (TPSA) is 33.2 Å². The third-order valence-corrected chi connectivity index (χ3v) is 3.16. The number of Topliss-reactive ketones (excluding diaryl/α,β-unsaturated/α-hetero) is 1. The van der Waals surface area contributed by atoms with Crippen LogP contribution in [0.2, 0.25) is 0 Å². The van der Waals surface area contributed by atoms with Gasteiger partial charge in [0.15, 0.2) is 0 Å². The molecular formula is C13H18N2O. The first kappa shape index (κ1) is 11.3. The molecule has 1 aromatic heterocycles. The molecule has 1 atom stereocenters. The van der Waals surface area contributed by atoms with E-state index in [-0.39, 0.29) is 6.04 Å². The van der Waals surface area contributed by atoms with E-state index < -0.39 is 0 Å². The summed E-state index contributed by atoms with van der Waals surface area (Å²) in [6.07, 6.45) is 2.78. The zero-order valence-electron chi connectivity index (χ0n) is 9.94. The molecule has 1 unspecified atom stereocenters. The van der Waals surface area contributed by atoms with Gasteiger partial charge in [0.25, 0.3) is 0 Å². The molecule has 1 fully saturated rings. The second kappa shape index (κ2) is 4.74. The molecule has 3 heteroatoms. The van der Waals surface area contributed by atoms with E-state index in [1.807, 2.05) is 32.2 Å². The molecule has 0 bridgehead atoms. The van der Waals surface area contributed by atoms with Crippen LogP contribution in [0.15, 0.2) is 18.2 Å². The Kier molecular flexibility index (Phi) is 3.34. The smallest absolute Gasteiger partial charge is 0.149 e. The molecule has 3 nitrogen and oxygen atoms in total. The van der Waals surface area contributed by atoms with Crippen molar-refractivity contribution in [2.45, 2.75) is 38.8 Å². The number of hydrogen-bond acceptors (Lipinski definition) is 3. The zero-order chi connectivity index (χ0) is 11.5. The van der Waals surface area contributed by atoms with Crippen LogP contribution in [0.1, 0.15) is 30.7 Å². The average Bonchev–Trinajstić information content (AvgIpc) is 2.64. The second-order valence-electron chi connectivity index (χ2n) is 4.56. The predicted octanol–water partition coefficient (Wildman–Crippen LogP) is 1.94. The Balaban J connectivity index is 2.01. The Morgan fingerprint density at radius 1 is 1.50 bits per heavy atom. The molecule has 2 rings (SSSR count). The Morgan fingerprint density at radius 2 is 2.31 bits per heavy atom. The van der Waals surface area contributed by atoms with Crippen molar-refractivity contribution < 1.29 is 4.79 Å². The van der Waals surface area contributed by atoms with Crippen LogP contribution in [0.5, 0.6) is 0 Å². The predicted molar refractivity (Wildman–Crippen MR) is 63.1 cm³/mol. The van der Waals surface area contributed by atoms with Crippen LogP contribution < -0.4 is 0 Å². The van der Waals surface area contributed by atoms with Gasteiger partial charge in [-0.2, -0.15) is 0 Å². The normalized spacial score (nSPS) is 20.7. The lowest BCUT2D eigenvalue weighted by Crippen LogP contribution is -2.34. The number of pyridine rings is 1. The van der Waals surface area contributed by atoms with Gasteiger partial charge in [-0.25, -0.2) is 0 Å². The highest BCUT2D eigenvalue weighted by molar-refractivity contribution is 5.85. The first-order valence-electron chi connectivity index (χ1n) is 5.82. The molecule has 1 aliphatic rings. The maximum Gasteiger partial charge on any atom is 0.149 e. The highest BCUT2D eigenvalue weighted by Crippen LogP contribution is 2.20. The molecule has 0 amide bonds. The lowest BCUT2D eigenvalue weighted by atomic mass is 10.2. The van der Waals surface area contributed by atoms with Gasteiger partial charge in [0, 0.05) is 18.7 Å². The van der Waals surface area contributed by atoms with Crippen molar-refractivity contribution in [1.29, 1.82) is 0 Å². The SMILES string of the molecule is Cc1cccc(CN(C)C2CCCC2=O)n1. The zero-order valence-corrected chi connectivity index (χ0v) is 9.94. The number of aromatic nitrogens is 1. The van der Waals surface area contributed by atoms with Crippen LogP contribution >= 0.6 is 0 Å². The number of carbonyl (C=O) groups excluding carboxylic acids is 1. The summed E-state index contributed by atoms with van der Waals surface area (Å²) in [6.45, 7) is 2.75. The van der Waals surface area contributed by atoms with Crippen LogP contribution in [0.4, 0.5) is 0 Å². The Hall–Kier alpha value is -1.22. The van der Waals surface area contributed by atoms with Crippen molar-refractivity contribution in [3.05, 3.63) is 29.6 Å². The summed E-state index contributed by atoms with van der Waals surface area (Å²) in [6, 6.07) is 6.14. The van der Waals surface area contributed by atoms with Crippen LogP contribution in [0.3, 0.4) is 0 Å². The van der Waals surface area contributed by atoms with Crippen molar-refractivity contribution in [1.82, 2.24) is 9.88 Å². The van der Waals surface area contributed by atoms with Gasteiger partial charge in [0.05, 0.1) is 11.7 Å². The van der Waals surface area contributed by atoms with Crippen molar-refractivity contribution in [2.75, 3.05) is 7.05 Å². The fourth-order valence-electron chi connectivity index (χ4n) is 2.32. The Morgan fingerprint density at radius 3 is 2.94 bits per heavy atom. The molecule has 0 aromatic carbocycles. The molecule has 0 aliphatic heterocycles. The van der Waals surface area contributed by atoms with Crippen molar-refractivity contribution in [3.8, 4) is 0 Å². The monoisotopic (exact) mass is 218 g/mol. The minimum atomic E-state index is 0.113. The molecule has 0 spiro atoms. The average molecular weight is 218 g/mol. The molecule has 0 N–H and O–H groups in total. The van der Waals surface area contributed by atoms with E-state index in [1.165, 1.54) is 0 Å². The van der Waals surface area contributed by atoms with Gasteiger partial charge in [0.2, 0.25) is 0 Å². The third-order valence-electron chi connectivity index (χ3n) is 3.16. The van der Waals surface area contributed by atoms with E-state index in [4.69, 9.17) is 0 Å². The number of nitrogens with zero attached hydrogens (tertiary/aromatic N) is 2. The van der Waals surface area contributed by atoms with Crippen molar-refractivity contribution in [3.63, 3.8) is 0 Å². The largest absolute Gasteiger partial charge is 0.298 e. The number of hydrogen-bond donors (Lipinski definition) is 0. The van der Waals surface area contributed by atoms with Gasteiger partial charge in [-0.05, 0) is 38.9 Å². The van der Waals surface area contributed by atoms with Gasteiger partial charge < -0.3 is 0 Å². The van der Waals surface area contributed by atoms with Crippen LogP contribution in [-0.2, 0) is 11.3 Å². The molecular weight excluding hydrogens is 200 g/mol. The minimum absolute atomic E-state index is 0.113. The van der Waals surface area contributed by atoms with Crippen LogP contribution in [0, 0.1) is 6.92 Å². The summed E-state index contributed by atoms with van der Waals surface area (Å²) in [4.78, 5) is 18.2. The van der Waals surface area contributed by atoms with E-state index in [2.05, 4.69) is 9.88 Å². The van der Waals surface area contributed by atoms with E-state index >= 15 is 0 Å². The maximum absolute atomic E-state index is 11.6. The van der Waals surface area contributed by atoms with E-state index in [0.717, 1.165) is 37.2 Å². The van der Waals surface area contributed by atoms with Crippen LogP contribution in [-0.4, -0.2) is 28.8 Å². The Bertz CT molecular complexity index is 389. The quantitative estimate of drug-likeness (QED) is 0.777. The van der Waals surface area contributed by atoms with E-state index in [1.54, 1.807) is 0 Å². The second-order valence-corrected chi connectivity index (χ2v) is 4.56. The number of ketones is 1. The molecule has 1 aliphatic carbocycles. The summed E-state index contributed by atoms with van der Waals surface area (Å²) in [5, 5.41) is 0. The molecule has 1 heterocycles. The fourth-order valence-corrected chi connectivity index (χ4v) is 2.32.